The zero-order valence-corrected chi connectivity index (χ0v) is 58.8. The first-order chi connectivity index (χ1) is 45.6. The first kappa shape index (κ1) is 79.2. The molecule has 0 saturated heterocycles. The van der Waals surface area contributed by atoms with Crippen molar-refractivity contribution in [3.63, 3.8) is 0 Å². The van der Waals surface area contributed by atoms with E-state index in [1.165, 1.54) is 52.5 Å². The number of esters is 4. The molecular formula is C64H48Cl12O20. The highest BCUT2D eigenvalue weighted by atomic mass is 35.5. The summed E-state index contributed by atoms with van der Waals surface area (Å²) >= 11 is 71.4. The second-order valence-corrected chi connectivity index (χ2v) is 23.3. The van der Waals surface area contributed by atoms with Crippen molar-refractivity contribution < 1.29 is 95.5 Å². The normalized spacial score (nSPS) is 10.5. The van der Waals surface area contributed by atoms with Gasteiger partial charge in [0.1, 0.15) is 47.7 Å². The highest BCUT2D eigenvalue weighted by Crippen LogP contribution is 2.41. The molecule has 0 saturated carbocycles. The van der Waals surface area contributed by atoms with E-state index >= 15 is 0 Å². The van der Waals surface area contributed by atoms with Gasteiger partial charge in [-0.25, -0.2) is 28.8 Å². The van der Waals surface area contributed by atoms with E-state index < -0.39 is 62.1 Å². The van der Waals surface area contributed by atoms with Crippen LogP contribution in [0.2, 0.25) is 60.3 Å². The molecule has 1 unspecified atom stereocenters. The highest BCUT2D eigenvalue weighted by Gasteiger charge is 2.21. The smallest absolute Gasteiger partial charge is 0.478 e. The molecule has 1 N–H and O–H groups in total. The van der Waals surface area contributed by atoms with Gasteiger partial charge in [0.25, 0.3) is 0 Å². The molecule has 32 heteroatoms. The maximum Gasteiger partial charge on any atom is 0.508 e. The monoisotopic (exact) mass is 1560 g/mol. The Kier molecular flexibility index (Phi) is 33.2. The van der Waals surface area contributed by atoms with Crippen molar-refractivity contribution in [2.24, 2.45) is 0 Å². The fourth-order valence-electron chi connectivity index (χ4n) is 6.88. The second-order valence-electron chi connectivity index (χ2n) is 18.2. The number of carboxylic acid groups (broad SMARTS) is 1. The van der Waals surface area contributed by atoms with E-state index in [0.29, 0.717) is 106 Å². The summed E-state index contributed by atoms with van der Waals surface area (Å²) in [6.07, 6.45) is -3.23. The Hall–Kier alpha value is -7.54. The standard InChI is InChI=1S/C18H15Cl3O6.C17H13Cl3O6.C15H11Cl3O4.C14H9Cl3O4/c1-10(18(23)24-2)26-17(22)9-25-16-8-12(20)4-6-15(16)27-14-5-3-11(19)7-13(14)21;1-23-16(21)8-25-17(22)9-24-15-7-11(19)3-5-14(15)26-13-4-2-10(18)6-12(13)20;1-20-15(19)21-8-9-6-10(16)2-4-13(9)22-14-5-3-11(17)7-12(14)18;15-9-1-3-12(8(5-9)7-20-14(18)19)21-13-4-2-10(16)6-11(13)17/h3-8,10H,9H2,1-2H3;2-7H,8-9H2,1H3;2-7H,8H2,1H3;1-6H,7H2,(H,18,19). The summed E-state index contributed by atoms with van der Waals surface area (Å²) in [4.78, 5) is 67.2. The van der Waals surface area contributed by atoms with Crippen LogP contribution in [0.3, 0.4) is 0 Å². The van der Waals surface area contributed by atoms with Gasteiger partial charge in [-0.1, -0.05) is 139 Å². The molecule has 8 aromatic carbocycles. The molecule has 0 bridgehead atoms. The fraction of sp³-hybridized carbons (Fsp3) is 0.156. The molecule has 0 radical (unpaired) electrons. The summed E-state index contributed by atoms with van der Waals surface area (Å²) in [6.45, 7) is -0.267. The number of hydrogen-bond donors (Lipinski definition) is 1. The summed E-state index contributed by atoms with van der Waals surface area (Å²) in [5.41, 5.74) is 1.06. The van der Waals surface area contributed by atoms with Gasteiger partial charge in [0, 0.05) is 63.4 Å². The van der Waals surface area contributed by atoms with E-state index in [1.807, 2.05) is 0 Å². The lowest BCUT2D eigenvalue weighted by molar-refractivity contribution is -0.165. The van der Waals surface area contributed by atoms with Gasteiger partial charge in [-0.15, -0.1) is 0 Å². The minimum Gasteiger partial charge on any atom is -0.478 e. The Bertz CT molecular complexity index is 4030. The Morgan fingerprint density at radius 3 is 1.01 bits per heavy atom. The molecule has 0 spiro atoms. The van der Waals surface area contributed by atoms with Crippen molar-refractivity contribution in [3.8, 4) is 57.5 Å². The number of rotatable bonds is 22. The molecule has 8 rings (SSSR count). The molecule has 0 aliphatic heterocycles. The van der Waals surface area contributed by atoms with Crippen LogP contribution in [0.25, 0.3) is 0 Å². The second kappa shape index (κ2) is 40.2. The van der Waals surface area contributed by atoms with Crippen molar-refractivity contribution in [3.05, 3.63) is 217 Å². The number of hydrogen-bond acceptors (Lipinski definition) is 19. The Balaban J connectivity index is 0.000000233. The van der Waals surface area contributed by atoms with E-state index in [2.05, 4.69) is 23.7 Å². The summed E-state index contributed by atoms with van der Waals surface area (Å²) in [7, 11) is 3.61. The maximum atomic E-state index is 11.8. The van der Waals surface area contributed by atoms with Crippen LogP contribution in [-0.4, -0.2) is 88.5 Å². The Morgan fingerprint density at radius 2 is 0.667 bits per heavy atom. The number of carbonyl (C=O) groups is 6. The number of benzene rings is 8. The van der Waals surface area contributed by atoms with Crippen LogP contribution in [0, 0.1) is 0 Å². The van der Waals surface area contributed by atoms with Gasteiger partial charge >= 0.3 is 36.2 Å². The van der Waals surface area contributed by atoms with Crippen LogP contribution in [-0.2, 0) is 65.5 Å². The lowest BCUT2D eigenvalue weighted by Gasteiger charge is -2.15. The van der Waals surface area contributed by atoms with Crippen molar-refractivity contribution in [1.29, 1.82) is 0 Å². The molecule has 8 aromatic rings. The van der Waals surface area contributed by atoms with Crippen LogP contribution in [0.1, 0.15) is 18.1 Å². The molecule has 1 atom stereocenters. The number of halogens is 12. The van der Waals surface area contributed by atoms with E-state index in [0.717, 1.165) is 0 Å². The molecule has 0 heterocycles. The number of ether oxygens (including phenoxy) is 13. The van der Waals surface area contributed by atoms with Crippen LogP contribution >= 0.6 is 139 Å². The largest absolute Gasteiger partial charge is 0.508 e. The van der Waals surface area contributed by atoms with E-state index in [4.69, 9.17) is 182 Å². The van der Waals surface area contributed by atoms with E-state index in [1.54, 1.807) is 121 Å². The van der Waals surface area contributed by atoms with Crippen molar-refractivity contribution in [1.82, 2.24) is 0 Å². The van der Waals surface area contributed by atoms with Crippen LogP contribution in [0.5, 0.6) is 57.5 Å². The molecule has 20 nitrogen and oxygen atoms in total. The van der Waals surface area contributed by atoms with E-state index in [-0.39, 0.29) is 36.2 Å². The summed E-state index contributed by atoms with van der Waals surface area (Å²) in [5, 5.41) is 13.4. The average molecular weight is 1560 g/mol. The van der Waals surface area contributed by atoms with Gasteiger partial charge in [0.15, 0.2) is 48.9 Å². The topological polar surface area (TPSA) is 243 Å². The SMILES string of the molecule is COC(=O)C(C)OC(=O)COc1cc(Cl)ccc1Oc1ccc(Cl)cc1Cl.COC(=O)COC(=O)COc1cc(Cl)ccc1Oc1ccc(Cl)cc1Cl.COC(=O)OCc1cc(Cl)ccc1Oc1ccc(Cl)cc1Cl.O=C(O)OCc1cc(Cl)ccc1Oc1ccc(Cl)cc1Cl. The maximum absolute atomic E-state index is 11.8. The predicted molar refractivity (Wildman–Crippen MR) is 363 cm³/mol. The summed E-state index contributed by atoms with van der Waals surface area (Å²) in [6, 6.07) is 38.1. The Morgan fingerprint density at radius 1 is 0.344 bits per heavy atom. The minimum atomic E-state index is -1.38. The zero-order chi connectivity index (χ0) is 70.6. The van der Waals surface area contributed by atoms with Gasteiger partial charge in [-0.2, -0.15) is 0 Å². The zero-order valence-electron chi connectivity index (χ0n) is 49.7. The fourth-order valence-corrected chi connectivity index (χ4v) is 9.38. The van der Waals surface area contributed by atoms with E-state index in [9.17, 15) is 28.8 Å². The summed E-state index contributed by atoms with van der Waals surface area (Å²) < 4.78 is 65.9. The lowest BCUT2D eigenvalue weighted by atomic mass is 10.2. The van der Waals surface area contributed by atoms with Crippen LogP contribution in [0.15, 0.2) is 146 Å². The third-order valence-electron chi connectivity index (χ3n) is 11.3. The molecule has 96 heavy (non-hydrogen) atoms. The molecule has 508 valence electrons. The lowest BCUT2D eigenvalue weighted by Crippen LogP contribution is -2.28. The van der Waals surface area contributed by atoms with Gasteiger partial charge in [0.05, 0.1) is 41.4 Å². The first-order valence-corrected chi connectivity index (χ1v) is 31.2. The molecule has 0 amide bonds. The van der Waals surface area contributed by atoms with Gasteiger partial charge in [-0.05, 0) is 140 Å². The third kappa shape index (κ3) is 27.5. The molecule has 0 aliphatic rings. The third-order valence-corrected chi connectivity index (χ3v) is 14.3. The number of carbonyl (C=O) groups excluding carboxylic acids is 5. The van der Waals surface area contributed by atoms with Gasteiger partial charge in [-0.3, -0.25) is 0 Å². The van der Waals surface area contributed by atoms with Gasteiger partial charge in [0.2, 0.25) is 0 Å². The number of methoxy groups -OCH3 is 3. The molecule has 0 aromatic heterocycles. The van der Waals surface area contributed by atoms with Crippen LogP contribution in [0.4, 0.5) is 9.59 Å². The van der Waals surface area contributed by atoms with Crippen LogP contribution < -0.4 is 28.4 Å². The quantitative estimate of drug-likeness (QED) is 0.0490. The summed E-state index contributed by atoms with van der Waals surface area (Å²) in [5.74, 6) is 0.414. The van der Waals surface area contributed by atoms with Crippen molar-refractivity contribution >= 4 is 175 Å². The Labute approximate surface area is 608 Å². The predicted octanol–water partition coefficient (Wildman–Crippen LogP) is 20.8. The minimum absolute atomic E-state index is 0.0478. The van der Waals surface area contributed by atoms with Gasteiger partial charge < -0.3 is 66.7 Å². The average Bonchev–Trinajstić information content (AvgIpc) is 0.890. The van der Waals surface area contributed by atoms with Crippen molar-refractivity contribution in [2.45, 2.75) is 26.2 Å². The molecule has 0 aliphatic carbocycles. The highest BCUT2D eigenvalue weighted by molar-refractivity contribution is 6.37. The molecule has 0 fully saturated rings. The molecular weight excluding hydrogens is 1510 g/mol. The first-order valence-electron chi connectivity index (χ1n) is 26.6. The van der Waals surface area contributed by atoms with Crippen molar-refractivity contribution in [2.75, 3.05) is 41.2 Å².